The van der Waals surface area contributed by atoms with E-state index in [1.807, 2.05) is 26.0 Å². The van der Waals surface area contributed by atoms with Gasteiger partial charge in [-0.25, -0.2) is 0 Å². The summed E-state index contributed by atoms with van der Waals surface area (Å²) in [6.07, 6.45) is 0.469. The van der Waals surface area contributed by atoms with Crippen LogP contribution in [-0.4, -0.2) is 35.9 Å². The minimum Gasteiger partial charge on any atom is -0.484 e. The molecule has 0 radical (unpaired) electrons. The SMILES string of the molecule is CCNC(=O)[C@@H](CC)N(Cc1ccc(Cl)c(Cl)c1)C(=O)COc1ccc(Br)cc1. The van der Waals surface area contributed by atoms with Crippen LogP contribution in [0.4, 0.5) is 0 Å². The van der Waals surface area contributed by atoms with Gasteiger partial charge in [-0.3, -0.25) is 9.59 Å². The molecule has 1 N–H and O–H groups in total. The maximum atomic E-state index is 13.0. The van der Waals surface area contributed by atoms with Crippen molar-refractivity contribution in [2.45, 2.75) is 32.9 Å². The molecule has 2 amide bonds. The largest absolute Gasteiger partial charge is 0.484 e. The average molecular weight is 502 g/mol. The second-order valence-corrected chi connectivity index (χ2v) is 8.06. The molecule has 0 aliphatic heterocycles. The molecule has 5 nitrogen and oxygen atoms in total. The van der Waals surface area contributed by atoms with E-state index in [1.54, 1.807) is 30.3 Å². The molecular formula is C21H23BrCl2N2O3. The summed E-state index contributed by atoms with van der Waals surface area (Å²) in [5.74, 6) is 0.0752. The van der Waals surface area contributed by atoms with Crippen molar-refractivity contribution in [1.82, 2.24) is 10.2 Å². The number of carbonyl (C=O) groups excluding carboxylic acids is 2. The van der Waals surface area contributed by atoms with Crippen LogP contribution in [0.1, 0.15) is 25.8 Å². The van der Waals surface area contributed by atoms with Crippen LogP contribution in [0, 0.1) is 0 Å². The average Bonchev–Trinajstić information content (AvgIpc) is 2.70. The van der Waals surface area contributed by atoms with Crippen molar-refractivity contribution in [3.8, 4) is 5.75 Å². The summed E-state index contributed by atoms with van der Waals surface area (Å²) in [6.45, 7) is 4.23. The Bertz CT molecular complexity index is 846. The number of nitrogens with one attached hydrogen (secondary N) is 1. The fourth-order valence-corrected chi connectivity index (χ4v) is 3.39. The Morgan fingerprint density at radius 2 is 1.79 bits per heavy atom. The lowest BCUT2D eigenvalue weighted by Gasteiger charge is -2.30. The zero-order valence-electron chi connectivity index (χ0n) is 16.3. The van der Waals surface area contributed by atoms with Gasteiger partial charge in [0.05, 0.1) is 10.0 Å². The summed E-state index contributed by atoms with van der Waals surface area (Å²) in [5, 5.41) is 3.62. The number of nitrogens with zero attached hydrogens (tertiary/aromatic N) is 1. The van der Waals surface area contributed by atoms with Crippen LogP contribution in [0.3, 0.4) is 0 Å². The fourth-order valence-electron chi connectivity index (χ4n) is 2.81. The highest BCUT2D eigenvalue weighted by Crippen LogP contribution is 2.24. The summed E-state index contributed by atoms with van der Waals surface area (Å²) in [6, 6.07) is 11.7. The van der Waals surface area contributed by atoms with E-state index in [-0.39, 0.29) is 25.0 Å². The normalized spacial score (nSPS) is 11.6. The summed E-state index contributed by atoms with van der Waals surface area (Å²) >= 11 is 15.5. The van der Waals surface area contributed by atoms with Gasteiger partial charge in [-0.2, -0.15) is 0 Å². The smallest absolute Gasteiger partial charge is 0.261 e. The topological polar surface area (TPSA) is 58.6 Å². The van der Waals surface area contributed by atoms with Gasteiger partial charge in [-0.15, -0.1) is 0 Å². The number of hydrogen-bond donors (Lipinski definition) is 1. The summed E-state index contributed by atoms with van der Waals surface area (Å²) in [5.41, 5.74) is 0.777. The second-order valence-electron chi connectivity index (χ2n) is 6.33. The Labute approximate surface area is 189 Å². The number of amides is 2. The molecule has 0 spiro atoms. The van der Waals surface area contributed by atoms with Gasteiger partial charge in [0, 0.05) is 17.6 Å². The van der Waals surface area contributed by atoms with E-state index in [1.165, 1.54) is 4.90 Å². The standard InChI is InChI=1S/C21H23BrCl2N2O3/c1-3-19(21(28)25-4-2)26(12-14-5-10-17(23)18(24)11-14)20(27)13-29-16-8-6-15(22)7-9-16/h5-11,19H,3-4,12-13H2,1-2H3,(H,25,28)/t19-/m1/s1. The Hall–Kier alpha value is -1.76. The summed E-state index contributed by atoms with van der Waals surface area (Å²) in [4.78, 5) is 27.1. The second kappa shape index (κ2) is 11.4. The fraction of sp³-hybridized carbons (Fsp3) is 0.333. The van der Waals surface area contributed by atoms with Crippen molar-refractivity contribution in [2.24, 2.45) is 0 Å². The van der Waals surface area contributed by atoms with E-state index in [9.17, 15) is 9.59 Å². The molecule has 2 aromatic rings. The van der Waals surface area contributed by atoms with E-state index in [4.69, 9.17) is 27.9 Å². The van der Waals surface area contributed by atoms with Gasteiger partial charge >= 0.3 is 0 Å². The van der Waals surface area contributed by atoms with Gasteiger partial charge in [0.25, 0.3) is 5.91 Å². The molecule has 0 bridgehead atoms. The number of likely N-dealkylation sites (N-methyl/N-ethyl adjacent to an activating group) is 1. The van der Waals surface area contributed by atoms with Gasteiger partial charge in [0.15, 0.2) is 6.61 Å². The molecular weight excluding hydrogens is 479 g/mol. The van der Waals surface area contributed by atoms with Gasteiger partial charge < -0.3 is 15.0 Å². The first kappa shape index (κ1) is 23.5. The van der Waals surface area contributed by atoms with E-state index in [0.29, 0.717) is 28.8 Å². The zero-order valence-corrected chi connectivity index (χ0v) is 19.4. The van der Waals surface area contributed by atoms with Gasteiger partial charge in [-0.05, 0) is 55.3 Å². The van der Waals surface area contributed by atoms with Crippen LogP contribution in [0.25, 0.3) is 0 Å². The zero-order chi connectivity index (χ0) is 21.4. The van der Waals surface area contributed by atoms with Gasteiger partial charge in [0.2, 0.25) is 5.91 Å². The Morgan fingerprint density at radius 3 is 2.38 bits per heavy atom. The molecule has 0 heterocycles. The highest BCUT2D eigenvalue weighted by atomic mass is 79.9. The molecule has 2 rings (SSSR count). The maximum absolute atomic E-state index is 13.0. The Balaban J connectivity index is 2.21. The molecule has 0 aliphatic carbocycles. The molecule has 2 aromatic carbocycles. The molecule has 0 unspecified atom stereocenters. The van der Waals surface area contributed by atoms with Crippen molar-refractivity contribution in [2.75, 3.05) is 13.2 Å². The minimum atomic E-state index is -0.620. The summed E-state index contributed by atoms with van der Waals surface area (Å²) < 4.78 is 6.54. The van der Waals surface area contributed by atoms with Crippen LogP contribution in [0.5, 0.6) is 5.75 Å². The lowest BCUT2D eigenvalue weighted by atomic mass is 10.1. The summed E-state index contributed by atoms with van der Waals surface area (Å²) in [7, 11) is 0. The van der Waals surface area contributed by atoms with Crippen LogP contribution in [0.2, 0.25) is 10.0 Å². The molecule has 156 valence electrons. The van der Waals surface area contributed by atoms with E-state index >= 15 is 0 Å². The number of carbonyl (C=O) groups is 2. The van der Waals surface area contributed by atoms with Crippen LogP contribution >= 0.6 is 39.1 Å². The highest BCUT2D eigenvalue weighted by Gasteiger charge is 2.28. The lowest BCUT2D eigenvalue weighted by Crippen LogP contribution is -2.50. The lowest BCUT2D eigenvalue weighted by molar-refractivity contribution is -0.142. The molecule has 0 saturated heterocycles. The van der Waals surface area contributed by atoms with E-state index < -0.39 is 6.04 Å². The maximum Gasteiger partial charge on any atom is 0.261 e. The predicted molar refractivity (Wildman–Crippen MR) is 119 cm³/mol. The first-order valence-corrected chi connectivity index (χ1v) is 10.8. The van der Waals surface area contributed by atoms with Gasteiger partial charge in [-0.1, -0.05) is 52.1 Å². The Kier molecular flexibility index (Phi) is 9.27. The molecule has 8 heteroatoms. The number of ether oxygens (including phenoxy) is 1. The van der Waals surface area contributed by atoms with E-state index in [0.717, 1.165) is 10.0 Å². The quantitative estimate of drug-likeness (QED) is 0.521. The third kappa shape index (κ3) is 6.91. The first-order valence-electron chi connectivity index (χ1n) is 9.25. The first-order chi connectivity index (χ1) is 13.8. The number of rotatable bonds is 9. The van der Waals surface area contributed by atoms with Crippen molar-refractivity contribution >= 4 is 50.9 Å². The molecule has 0 aromatic heterocycles. The monoisotopic (exact) mass is 500 g/mol. The Morgan fingerprint density at radius 1 is 1.10 bits per heavy atom. The molecule has 0 fully saturated rings. The predicted octanol–water partition coefficient (Wildman–Crippen LogP) is 5.08. The number of benzene rings is 2. The van der Waals surface area contributed by atoms with Crippen molar-refractivity contribution in [3.05, 3.63) is 62.5 Å². The number of halogens is 3. The van der Waals surface area contributed by atoms with E-state index in [2.05, 4.69) is 21.2 Å². The van der Waals surface area contributed by atoms with Crippen LogP contribution in [-0.2, 0) is 16.1 Å². The third-order valence-corrected chi connectivity index (χ3v) is 5.52. The number of hydrogen-bond acceptors (Lipinski definition) is 3. The van der Waals surface area contributed by atoms with Crippen LogP contribution in [0.15, 0.2) is 46.9 Å². The third-order valence-electron chi connectivity index (χ3n) is 4.25. The molecule has 1 atom stereocenters. The minimum absolute atomic E-state index is 0.182. The van der Waals surface area contributed by atoms with Gasteiger partial charge in [0.1, 0.15) is 11.8 Å². The molecule has 0 aliphatic rings. The molecule has 0 saturated carbocycles. The molecule has 29 heavy (non-hydrogen) atoms. The van der Waals surface area contributed by atoms with Crippen molar-refractivity contribution in [3.63, 3.8) is 0 Å². The van der Waals surface area contributed by atoms with Crippen molar-refractivity contribution < 1.29 is 14.3 Å². The van der Waals surface area contributed by atoms with Crippen LogP contribution < -0.4 is 10.1 Å². The highest BCUT2D eigenvalue weighted by molar-refractivity contribution is 9.10. The van der Waals surface area contributed by atoms with Crippen molar-refractivity contribution in [1.29, 1.82) is 0 Å².